The molecule has 3 nitrogen and oxygen atoms in total. The van der Waals surface area contributed by atoms with E-state index in [-0.39, 0.29) is 22.5 Å². The quantitative estimate of drug-likeness (QED) is 0.370. The largest absolute Gasteiger partial charge is 0.461 e. The summed E-state index contributed by atoms with van der Waals surface area (Å²) in [6, 6.07) is 0. The van der Waals surface area contributed by atoms with Gasteiger partial charge in [-0.25, -0.2) is 0 Å². The molecular weight excluding hydrogens is 408 g/mol. The van der Waals surface area contributed by atoms with E-state index in [0.717, 1.165) is 32.2 Å². The molecule has 33 heavy (non-hydrogen) atoms. The van der Waals surface area contributed by atoms with Gasteiger partial charge in [0, 0.05) is 5.92 Å². The molecule has 0 aromatic carbocycles. The minimum Gasteiger partial charge on any atom is -0.461 e. The summed E-state index contributed by atoms with van der Waals surface area (Å²) in [5.41, 5.74) is 1.89. The van der Waals surface area contributed by atoms with E-state index in [1.807, 2.05) is 0 Å². The molecule has 0 aromatic heterocycles. The van der Waals surface area contributed by atoms with E-state index >= 15 is 0 Å². The monoisotopic (exact) mass is 456 g/mol. The Morgan fingerprint density at radius 3 is 2.27 bits per heavy atom. The third-order valence-corrected chi connectivity index (χ3v) is 13.3. The first-order valence-corrected chi connectivity index (χ1v) is 13.8. The molecule has 10 atom stereocenters. The molecule has 0 aliphatic heterocycles. The van der Waals surface area contributed by atoms with Crippen LogP contribution in [0.5, 0.6) is 0 Å². The Morgan fingerprint density at radius 2 is 1.61 bits per heavy atom. The maximum Gasteiger partial charge on any atom is 0.293 e. The second-order valence-electron chi connectivity index (χ2n) is 14.3. The van der Waals surface area contributed by atoms with Crippen molar-refractivity contribution in [2.45, 2.75) is 117 Å². The van der Waals surface area contributed by atoms with E-state index in [1.165, 1.54) is 44.1 Å². The van der Waals surface area contributed by atoms with Gasteiger partial charge in [0.25, 0.3) is 6.47 Å². The molecule has 0 amide bonds. The maximum atomic E-state index is 11.6. The van der Waals surface area contributed by atoms with Crippen LogP contribution in [0, 0.1) is 51.2 Å². The maximum absolute atomic E-state index is 11.6. The molecule has 5 aliphatic rings. The van der Waals surface area contributed by atoms with E-state index < -0.39 is 0 Å². The minimum atomic E-state index is -0.267. The number of ether oxygens (including phenoxy) is 1. The van der Waals surface area contributed by atoms with Crippen molar-refractivity contribution < 1.29 is 14.6 Å². The van der Waals surface area contributed by atoms with Crippen LogP contribution in [0.2, 0.25) is 0 Å². The number of aliphatic hydroxyl groups is 1. The van der Waals surface area contributed by atoms with Gasteiger partial charge in [0.15, 0.2) is 0 Å². The number of carbonyl (C=O) groups excluding carboxylic acids is 1. The average Bonchev–Trinajstić information content (AvgIpc) is 3.12. The van der Waals surface area contributed by atoms with Crippen LogP contribution in [-0.4, -0.2) is 23.3 Å². The van der Waals surface area contributed by atoms with Crippen molar-refractivity contribution in [2.75, 3.05) is 0 Å². The number of hydrogen-bond donors (Lipinski definition) is 1. The van der Waals surface area contributed by atoms with Gasteiger partial charge in [-0.3, -0.25) is 4.79 Å². The normalized spacial score (nSPS) is 54.9. The lowest BCUT2D eigenvalue weighted by Crippen LogP contribution is -2.67. The van der Waals surface area contributed by atoms with E-state index in [1.54, 1.807) is 0 Å². The highest BCUT2D eigenvalue weighted by Gasteiger charge is 2.71. The summed E-state index contributed by atoms with van der Waals surface area (Å²) in [4.78, 5) is 11.6. The average molecular weight is 457 g/mol. The summed E-state index contributed by atoms with van der Waals surface area (Å²) in [6.07, 6.45) is 11.3. The van der Waals surface area contributed by atoms with Crippen molar-refractivity contribution in [3.8, 4) is 0 Å². The molecule has 5 fully saturated rings. The van der Waals surface area contributed by atoms with Crippen LogP contribution in [0.25, 0.3) is 0 Å². The Kier molecular flexibility index (Phi) is 5.31. The topological polar surface area (TPSA) is 46.5 Å². The third-order valence-electron chi connectivity index (χ3n) is 13.3. The van der Waals surface area contributed by atoms with Gasteiger partial charge >= 0.3 is 0 Å². The summed E-state index contributed by atoms with van der Waals surface area (Å²) >= 11 is 0. The lowest BCUT2D eigenvalue weighted by atomic mass is 9.33. The van der Waals surface area contributed by atoms with Crippen LogP contribution >= 0.6 is 0 Å². The Balaban J connectivity index is 1.55. The van der Waals surface area contributed by atoms with Crippen LogP contribution in [0.4, 0.5) is 0 Å². The van der Waals surface area contributed by atoms with E-state index in [0.29, 0.717) is 40.4 Å². The molecule has 3 heteroatoms. The van der Waals surface area contributed by atoms with Gasteiger partial charge in [0.1, 0.15) is 5.60 Å². The first kappa shape index (κ1) is 23.9. The second-order valence-corrected chi connectivity index (χ2v) is 14.3. The fraction of sp³-hybridized carbons (Fsp3) is 0.900. The van der Waals surface area contributed by atoms with Crippen molar-refractivity contribution >= 4 is 6.47 Å². The first-order valence-electron chi connectivity index (χ1n) is 13.8. The molecule has 5 rings (SSSR count). The summed E-state index contributed by atoms with van der Waals surface area (Å²) in [7, 11) is 0. The van der Waals surface area contributed by atoms with Crippen molar-refractivity contribution in [1.82, 2.24) is 0 Å². The molecule has 0 aromatic rings. The Labute approximate surface area is 202 Å². The fourth-order valence-electron chi connectivity index (χ4n) is 11.4. The van der Waals surface area contributed by atoms with Crippen LogP contribution in [0.15, 0.2) is 12.2 Å². The van der Waals surface area contributed by atoms with E-state index in [2.05, 4.69) is 48.1 Å². The highest BCUT2D eigenvalue weighted by molar-refractivity contribution is 5.40. The highest BCUT2D eigenvalue weighted by atomic mass is 16.5. The van der Waals surface area contributed by atoms with Gasteiger partial charge in [-0.05, 0) is 116 Å². The lowest BCUT2D eigenvalue weighted by molar-refractivity contribution is -0.255. The van der Waals surface area contributed by atoms with Crippen molar-refractivity contribution in [1.29, 1.82) is 0 Å². The van der Waals surface area contributed by atoms with Gasteiger partial charge < -0.3 is 9.84 Å². The van der Waals surface area contributed by atoms with Gasteiger partial charge in [-0.1, -0.05) is 46.8 Å². The zero-order valence-electron chi connectivity index (χ0n) is 22.1. The zero-order valence-corrected chi connectivity index (χ0v) is 22.1. The van der Waals surface area contributed by atoms with Gasteiger partial charge in [0.05, 0.1) is 6.10 Å². The molecule has 0 spiro atoms. The summed E-state index contributed by atoms with van der Waals surface area (Å²) < 4.78 is 6.03. The minimum absolute atomic E-state index is 0.00209. The summed E-state index contributed by atoms with van der Waals surface area (Å²) in [5, 5.41) is 10.9. The predicted octanol–water partition coefficient (Wildman–Crippen LogP) is 6.93. The molecule has 0 radical (unpaired) electrons. The molecular formula is C30H48O3. The summed E-state index contributed by atoms with van der Waals surface area (Å²) in [5.74, 6) is 2.81. The van der Waals surface area contributed by atoms with E-state index in [4.69, 9.17) is 4.74 Å². The SMILES string of the molecule is C=C(C)C1CCC2(OC=O)CCC3(C)C(CCC4[C@@]5(C)CCC(O)C(C)(C)C5CC[C@]43C)C12. The fourth-order valence-corrected chi connectivity index (χ4v) is 11.4. The number of allylic oxidation sites excluding steroid dienone is 1. The first-order chi connectivity index (χ1) is 15.4. The van der Waals surface area contributed by atoms with Crippen molar-refractivity contribution in [2.24, 2.45) is 51.2 Å². The molecule has 8 unspecified atom stereocenters. The van der Waals surface area contributed by atoms with Crippen LogP contribution < -0.4 is 0 Å². The number of fused-ring (bicyclic) bond motifs is 7. The third kappa shape index (κ3) is 2.87. The van der Waals surface area contributed by atoms with E-state index in [9.17, 15) is 9.90 Å². The van der Waals surface area contributed by atoms with Gasteiger partial charge in [0.2, 0.25) is 0 Å². The van der Waals surface area contributed by atoms with Gasteiger partial charge in [-0.2, -0.15) is 0 Å². The van der Waals surface area contributed by atoms with Crippen LogP contribution in [0.3, 0.4) is 0 Å². The Bertz CT molecular complexity index is 832. The number of rotatable bonds is 3. The van der Waals surface area contributed by atoms with Gasteiger partial charge in [-0.15, -0.1) is 0 Å². The smallest absolute Gasteiger partial charge is 0.293 e. The summed E-state index contributed by atoms with van der Waals surface area (Å²) in [6.45, 7) is 19.8. The standard InChI is InChI=1S/C30H48O3/c1-19(2)20-10-15-30(33-18-31)17-16-28(6)21(25(20)30)8-9-23-27(5)13-12-24(32)26(3,4)22(27)11-14-29(23,28)7/h18,20-25,32H,1,8-17H2,2-7H3/t20?,21?,22?,23?,24?,25?,27-,28?,29+,30?/m0/s1. The molecule has 5 saturated carbocycles. The predicted molar refractivity (Wildman–Crippen MR) is 132 cm³/mol. The highest BCUT2D eigenvalue weighted by Crippen LogP contribution is 2.76. The number of hydrogen-bond acceptors (Lipinski definition) is 3. The number of aliphatic hydroxyl groups excluding tert-OH is 1. The lowest BCUT2D eigenvalue weighted by Gasteiger charge is -2.72. The van der Waals surface area contributed by atoms with Crippen LogP contribution in [-0.2, 0) is 9.53 Å². The van der Waals surface area contributed by atoms with Crippen LogP contribution in [0.1, 0.15) is 106 Å². The molecule has 0 bridgehead atoms. The second kappa shape index (κ2) is 7.34. The zero-order chi connectivity index (χ0) is 24.0. The molecule has 1 N–H and O–H groups in total. The number of carbonyl (C=O) groups is 1. The molecule has 5 aliphatic carbocycles. The molecule has 0 saturated heterocycles. The Morgan fingerprint density at radius 1 is 0.879 bits per heavy atom. The van der Waals surface area contributed by atoms with Crippen molar-refractivity contribution in [3.05, 3.63) is 12.2 Å². The molecule has 186 valence electrons. The Hall–Kier alpha value is -0.830. The molecule has 0 heterocycles. The van der Waals surface area contributed by atoms with Crippen molar-refractivity contribution in [3.63, 3.8) is 0 Å².